The molecule has 3 rings (SSSR count). The molecular formula is C18H22N2O4S. The van der Waals surface area contributed by atoms with Gasteiger partial charge in [-0.15, -0.1) is 0 Å². The standard InChI is InChI=1S/C18H22N2O4S/c21-25(22,15-16-7-2-1-3-8-16)20(17-9-4-5-11-19-17)12-6-10-18-23-13-14-24-18/h1-5,7-9,11,18H,6,10,12-15H2. The lowest BCUT2D eigenvalue weighted by Crippen LogP contribution is -2.34. The van der Waals surface area contributed by atoms with Gasteiger partial charge in [-0.2, -0.15) is 0 Å². The van der Waals surface area contributed by atoms with Gasteiger partial charge in [-0.05, 0) is 24.1 Å². The lowest BCUT2D eigenvalue weighted by Gasteiger charge is -2.24. The van der Waals surface area contributed by atoms with Crippen molar-refractivity contribution in [2.45, 2.75) is 24.9 Å². The Morgan fingerprint density at radius 1 is 1.04 bits per heavy atom. The van der Waals surface area contributed by atoms with Crippen molar-refractivity contribution in [3.05, 3.63) is 60.3 Å². The van der Waals surface area contributed by atoms with E-state index in [1.165, 1.54) is 4.31 Å². The van der Waals surface area contributed by atoms with Gasteiger partial charge in [-0.25, -0.2) is 13.4 Å². The highest BCUT2D eigenvalue weighted by Crippen LogP contribution is 2.20. The molecule has 0 radical (unpaired) electrons. The van der Waals surface area contributed by atoms with E-state index in [1.54, 1.807) is 24.4 Å². The summed E-state index contributed by atoms with van der Waals surface area (Å²) in [4.78, 5) is 4.22. The third kappa shape index (κ3) is 5.01. The van der Waals surface area contributed by atoms with Crippen molar-refractivity contribution >= 4 is 15.8 Å². The highest BCUT2D eigenvalue weighted by Gasteiger charge is 2.25. The second-order valence-corrected chi connectivity index (χ2v) is 7.71. The van der Waals surface area contributed by atoms with E-state index < -0.39 is 10.0 Å². The van der Waals surface area contributed by atoms with E-state index in [0.717, 1.165) is 5.56 Å². The van der Waals surface area contributed by atoms with Crippen LogP contribution in [0, 0.1) is 0 Å². The summed E-state index contributed by atoms with van der Waals surface area (Å²) in [5, 5.41) is 0. The van der Waals surface area contributed by atoms with Gasteiger partial charge < -0.3 is 9.47 Å². The van der Waals surface area contributed by atoms with Crippen LogP contribution in [0.15, 0.2) is 54.7 Å². The Morgan fingerprint density at radius 3 is 2.44 bits per heavy atom. The Kier molecular flexibility index (Phi) is 6.01. The molecule has 2 aromatic rings. The third-order valence-corrected chi connectivity index (χ3v) is 5.66. The quantitative estimate of drug-likeness (QED) is 0.722. The molecule has 1 saturated heterocycles. The number of sulfonamides is 1. The first-order valence-electron chi connectivity index (χ1n) is 8.34. The van der Waals surface area contributed by atoms with Gasteiger partial charge in [-0.1, -0.05) is 36.4 Å². The van der Waals surface area contributed by atoms with Crippen molar-refractivity contribution in [1.82, 2.24) is 4.98 Å². The molecule has 0 N–H and O–H groups in total. The molecule has 1 aromatic heterocycles. The molecule has 7 heteroatoms. The molecular weight excluding hydrogens is 340 g/mol. The average Bonchev–Trinajstić information content (AvgIpc) is 3.13. The molecule has 1 fully saturated rings. The van der Waals surface area contributed by atoms with E-state index in [1.807, 2.05) is 30.3 Å². The molecule has 0 atom stereocenters. The number of benzene rings is 1. The molecule has 1 aliphatic rings. The summed E-state index contributed by atoms with van der Waals surface area (Å²) in [6, 6.07) is 14.4. The normalized spacial score (nSPS) is 15.4. The Bertz CT molecular complexity index is 747. The van der Waals surface area contributed by atoms with Crippen LogP contribution in [0.3, 0.4) is 0 Å². The lowest BCUT2D eigenvalue weighted by molar-refractivity contribution is -0.0471. The SMILES string of the molecule is O=S(=O)(Cc1ccccc1)N(CCCC1OCCO1)c1ccccn1. The molecule has 0 spiro atoms. The molecule has 1 aromatic carbocycles. The van der Waals surface area contributed by atoms with Gasteiger partial charge in [0.1, 0.15) is 5.82 Å². The number of aromatic nitrogens is 1. The molecule has 1 aliphatic heterocycles. The minimum absolute atomic E-state index is 0.0547. The minimum Gasteiger partial charge on any atom is -0.350 e. The second kappa shape index (κ2) is 8.42. The Morgan fingerprint density at radius 2 is 1.76 bits per heavy atom. The fourth-order valence-corrected chi connectivity index (χ4v) is 4.31. The molecule has 134 valence electrons. The van der Waals surface area contributed by atoms with Crippen LogP contribution in [-0.4, -0.2) is 39.5 Å². The predicted molar refractivity (Wildman–Crippen MR) is 95.6 cm³/mol. The molecule has 2 heterocycles. The number of anilines is 1. The zero-order valence-electron chi connectivity index (χ0n) is 14.0. The molecule has 0 amide bonds. The second-order valence-electron chi connectivity index (χ2n) is 5.82. The van der Waals surface area contributed by atoms with Crippen LogP contribution in [-0.2, 0) is 25.2 Å². The molecule has 0 aliphatic carbocycles. The highest BCUT2D eigenvalue weighted by molar-refractivity contribution is 7.92. The fourth-order valence-electron chi connectivity index (χ4n) is 2.74. The maximum Gasteiger partial charge on any atom is 0.240 e. The van der Waals surface area contributed by atoms with Crippen LogP contribution < -0.4 is 4.31 Å². The number of ether oxygens (including phenoxy) is 2. The average molecular weight is 362 g/mol. The third-order valence-electron chi connectivity index (χ3n) is 3.92. The Balaban J connectivity index is 1.73. The van der Waals surface area contributed by atoms with Crippen molar-refractivity contribution in [3.63, 3.8) is 0 Å². The highest BCUT2D eigenvalue weighted by atomic mass is 32.2. The largest absolute Gasteiger partial charge is 0.350 e. The summed E-state index contributed by atoms with van der Waals surface area (Å²) < 4.78 is 38.1. The predicted octanol–water partition coefficient (Wildman–Crippen LogP) is 2.57. The number of hydrogen-bond acceptors (Lipinski definition) is 5. The zero-order valence-corrected chi connectivity index (χ0v) is 14.8. The van der Waals surface area contributed by atoms with Crippen LogP contribution in [0.2, 0.25) is 0 Å². The molecule has 25 heavy (non-hydrogen) atoms. The Hall–Kier alpha value is -1.96. The van der Waals surface area contributed by atoms with Gasteiger partial charge in [0.05, 0.1) is 19.0 Å². The van der Waals surface area contributed by atoms with E-state index in [9.17, 15) is 8.42 Å². The van der Waals surface area contributed by atoms with Crippen molar-refractivity contribution in [2.75, 3.05) is 24.1 Å². The van der Waals surface area contributed by atoms with Crippen molar-refractivity contribution in [3.8, 4) is 0 Å². The number of rotatable bonds is 8. The first-order chi connectivity index (χ1) is 12.1. The summed E-state index contributed by atoms with van der Waals surface area (Å²) in [6.07, 6.45) is 2.66. The van der Waals surface area contributed by atoms with Gasteiger partial charge >= 0.3 is 0 Å². The van der Waals surface area contributed by atoms with Gasteiger partial charge in [0.15, 0.2) is 6.29 Å². The molecule has 0 saturated carbocycles. The van der Waals surface area contributed by atoms with Gasteiger partial charge in [-0.3, -0.25) is 4.31 Å². The first-order valence-corrected chi connectivity index (χ1v) is 9.95. The lowest BCUT2D eigenvalue weighted by atomic mass is 10.2. The van der Waals surface area contributed by atoms with Crippen LogP contribution >= 0.6 is 0 Å². The summed E-state index contributed by atoms with van der Waals surface area (Å²) in [6.45, 7) is 1.54. The van der Waals surface area contributed by atoms with Crippen LogP contribution in [0.25, 0.3) is 0 Å². The van der Waals surface area contributed by atoms with Crippen LogP contribution in [0.4, 0.5) is 5.82 Å². The van der Waals surface area contributed by atoms with Gasteiger partial charge in [0.2, 0.25) is 10.0 Å². The van der Waals surface area contributed by atoms with E-state index in [4.69, 9.17) is 9.47 Å². The molecule has 6 nitrogen and oxygen atoms in total. The monoisotopic (exact) mass is 362 g/mol. The van der Waals surface area contributed by atoms with Gasteiger partial charge in [0, 0.05) is 19.2 Å². The minimum atomic E-state index is -3.54. The Labute approximate surface area is 148 Å². The maximum absolute atomic E-state index is 13.0. The maximum atomic E-state index is 13.0. The van der Waals surface area contributed by atoms with E-state index >= 15 is 0 Å². The van der Waals surface area contributed by atoms with Crippen molar-refractivity contribution in [2.24, 2.45) is 0 Å². The number of pyridine rings is 1. The topological polar surface area (TPSA) is 68.7 Å². The summed E-state index contributed by atoms with van der Waals surface area (Å²) in [7, 11) is -3.54. The van der Waals surface area contributed by atoms with Crippen LogP contribution in [0.5, 0.6) is 0 Å². The number of nitrogens with zero attached hydrogens (tertiary/aromatic N) is 2. The number of hydrogen-bond donors (Lipinski definition) is 0. The summed E-state index contributed by atoms with van der Waals surface area (Å²) >= 11 is 0. The summed E-state index contributed by atoms with van der Waals surface area (Å²) in [5.41, 5.74) is 0.755. The zero-order chi connectivity index (χ0) is 17.5. The van der Waals surface area contributed by atoms with Crippen LogP contribution in [0.1, 0.15) is 18.4 Å². The first kappa shape index (κ1) is 17.8. The fraction of sp³-hybridized carbons (Fsp3) is 0.389. The van der Waals surface area contributed by atoms with E-state index in [-0.39, 0.29) is 12.0 Å². The van der Waals surface area contributed by atoms with Gasteiger partial charge in [0.25, 0.3) is 0 Å². The smallest absolute Gasteiger partial charge is 0.240 e. The van der Waals surface area contributed by atoms with E-state index in [0.29, 0.717) is 38.4 Å². The van der Waals surface area contributed by atoms with Crippen molar-refractivity contribution < 1.29 is 17.9 Å². The van der Waals surface area contributed by atoms with E-state index in [2.05, 4.69) is 4.98 Å². The summed E-state index contributed by atoms with van der Waals surface area (Å²) in [5.74, 6) is 0.382. The molecule has 0 unspecified atom stereocenters. The molecule has 0 bridgehead atoms. The van der Waals surface area contributed by atoms with Crippen molar-refractivity contribution in [1.29, 1.82) is 0 Å².